The molecule has 7 nitrogen and oxygen atoms in total. The van der Waals surface area contributed by atoms with E-state index in [2.05, 4.69) is 15.3 Å². The molecule has 0 aliphatic carbocycles. The molecule has 1 atom stereocenters. The highest BCUT2D eigenvalue weighted by Crippen LogP contribution is 2.36. The van der Waals surface area contributed by atoms with E-state index in [9.17, 15) is 12.8 Å². The van der Waals surface area contributed by atoms with Crippen molar-refractivity contribution in [2.45, 2.75) is 37.8 Å². The van der Waals surface area contributed by atoms with Crippen LogP contribution in [0.4, 0.5) is 14.6 Å². The smallest absolute Gasteiger partial charge is 0.211 e. The molecular weight excluding hydrogens is 462 g/mol. The van der Waals surface area contributed by atoms with Crippen LogP contribution in [0.15, 0.2) is 36.7 Å². The predicted molar refractivity (Wildman–Crippen MR) is 126 cm³/mol. The minimum Gasteiger partial charge on any atom is -0.374 e. The van der Waals surface area contributed by atoms with Gasteiger partial charge in [0.15, 0.2) is 0 Å². The van der Waals surface area contributed by atoms with E-state index < -0.39 is 21.7 Å². The molecule has 34 heavy (non-hydrogen) atoms. The first-order chi connectivity index (χ1) is 16.3. The van der Waals surface area contributed by atoms with Gasteiger partial charge in [-0.15, -0.1) is 0 Å². The SMILES string of the molecule is CS(=O)(=O)N1CCC(Nc2cc(-c3cc(F)c4nccc(C5CCCO5)c4c3)c(F)cn2)CC1. The van der Waals surface area contributed by atoms with Crippen molar-refractivity contribution < 1.29 is 21.9 Å². The summed E-state index contributed by atoms with van der Waals surface area (Å²) in [4.78, 5) is 8.34. The van der Waals surface area contributed by atoms with E-state index in [0.29, 0.717) is 49.3 Å². The van der Waals surface area contributed by atoms with Gasteiger partial charge in [-0.3, -0.25) is 4.98 Å². The largest absolute Gasteiger partial charge is 0.374 e. The maximum atomic E-state index is 15.0. The summed E-state index contributed by atoms with van der Waals surface area (Å²) in [5, 5.41) is 3.89. The van der Waals surface area contributed by atoms with Crippen molar-refractivity contribution in [3.63, 3.8) is 0 Å². The van der Waals surface area contributed by atoms with Gasteiger partial charge in [0.25, 0.3) is 0 Å². The van der Waals surface area contributed by atoms with Crippen LogP contribution >= 0.6 is 0 Å². The second kappa shape index (κ2) is 9.16. The standard InChI is InChI=1S/C24H26F2N4O3S/c1-34(31,32)30-8-5-16(6-9-30)29-23-13-18(21(26)14-28-23)15-11-19-17(22-3-2-10-33-22)4-7-27-24(19)20(25)12-15/h4,7,11-14,16,22H,2-3,5-6,8-10H2,1H3,(H,28,29). The van der Waals surface area contributed by atoms with E-state index in [1.807, 2.05) is 6.07 Å². The summed E-state index contributed by atoms with van der Waals surface area (Å²) in [5.41, 5.74) is 1.72. The van der Waals surface area contributed by atoms with Crippen LogP contribution in [0, 0.1) is 11.6 Å². The van der Waals surface area contributed by atoms with Gasteiger partial charge in [0.2, 0.25) is 10.0 Å². The van der Waals surface area contributed by atoms with E-state index >= 15 is 4.39 Å². The highest BCUT2D eigenvalue weighted by molar-refractivity contribution is 7.88. The molecule has 5 rings (SSSR count). The molecule has 0 spiro atoms. The van der Waals surface area contributed by atoms with Gasteiger partial charge >= 0.3 is 0 Å². The zero-order valence-corrected chi connectivity index (χ0v) is 19.6. The van der Waals surface area contributed by atoms with Gasteiger partial charge in [0, 0.05) is 42.9 Å². The molecule has 4 heterocycles. The Morgan fingerprint density at radius 3 is 2.59 bits per heavy atom. The van der Waals surface area contributed by atoms with E-state index in [1.54, 1.807) is 18.3 Å². The number of benzene rings is 1. The Morgan fingerprint density at radius 1 is 1.09 bits per heavy atom. The van der Waals surface area contributed by atoms with Gasteiger partial charge in [-0.2, -0.15) is 0 Å². The van der Waals surface area contributed by atoms with E-state index in [1.165, 1.54) is 16.6 Å². The average molecular weight is 489 g/mol. The Labute approximate surface area is 197 Å². The first-order valence-corrected chi connectivity index (χ1v) is 13.2. The van der Waals surface area contributed by atoms with Gasteiger partial charge in [-0.1, -0.05) is 0 Å². The lowest BCUT2D eigenvalue weighted by molar-refractivity contribution is 0.113. The van der Waals surface area contributed by atoms with Crippen molar-refractivity contribution >= 4 is 26.7 Å². The fourth-order valence-corrected chi connectivity index (χ4v) is 5.65. The number of aromatic nitrogens is 2. The fraction of sp³-hybridized carbons (Fsp3) is 0.417. The molecule has 1 aromatic carbocycles. The zero-order valence-electron chi connectivity index (χ0n) is 18.8. The molecule has 2 aliphatic rings. The molecule has 2 aromatic heterocycles. The minimum absolute atomic E-state index is 0.00692. The fourth-order valence-electron chi connectivity index (χ4n) is 4.77. The van der Waals surface area contributed by atoms with Gasteiger partial charge in [-0.05, 0) is 61.1 Å². The predicted octanol–water partition coefficient (Wildman–Crippen LogP) is 4.26. The zero-order chi connectivity index (χ0) is 23.9. The third-order valence-corrected chi connectivity index (χ3v) is 7.85. The molecular formula is C24H26F2N4O3S. The number of hydrogen-bond donors (Lipinski definition) is 1. The Kier molecular flexibility index (Phi) is 6.22. The Bertz CT molecular complexity index is 1320. The van der Waals surface area contributed by atoms with Crippen LogP contribution in [0.1, 0.15) is 37.4 Å². The van der Waals surface area contributed by atoms with E-state index in [-0.39, 0.29) is 23.2 Å². The number of nitrogens with one attached hydrogen (secondary N) is 1. The summed E-state index contributed by atoms with van der Waals surface area (Å²) in [5.74, 6) is -0.620. The maximum absolute atomic E-state index is 15.0. The molecule has 0 bridgehead atoms. The second-order valence-corrected chi connectivity index (χ2v) is 10.9. The Hall–Kier alpha value is -2.69. The molecule has 2 saturated heterocycles. The van der Waals surface area contributed by atoms with Crippen LogP contribution in [0.5, 0.6) is 0 Å². The second-order valence-electron chi connectivity index (χ2n) is 8.89. The lowest BCUT2D eigenvalue weighted by Crippen LogP contribution is -2.41. The number of hydrogen-bond acceptors (Lipinski definition) is 6. The molecule has 0 radical (unpaired) electrons. The Morgan fingerprint density at radius 2 is 1.88 bits per heavy atom. The number of sulfonamides is 1. The number of nitrogens with zero attached hydrogens (tertiary/aromatic N) is 3. The summed E-state index contributed by atoms with van der Waals surface area (Å²) in [6.07, 6.45) is 6.79. The summed E-state index contributed by atoms with van der Waals surface area (Å²) >= 11 is 0. The molecule has 3 aromatic rings. The van der Waals surface area contributed by atoms with Crippen LogP contribution in [0.2, 0.25) is 0 Å². The first-order valence-electron chi connectivity index (χ1n) is 11.4. The average Bonchev–Trinajstić information content (AvgIpc) is 3.34. The van der Waals surface area contributed by atoms with Crippen molar-refractivity contribution in [3.05, 3.63) is 53.9 Å². The molecule has 180 valence electrons. The first kappa shape index (κ1) is 23.1. The molecule has 1 N–H and O–H groups in total. The highest BCUT2D eigenvalue weighted by atomic mass is 32.2. The highest BCUT2D eigenvalue weighted by Gasteiger charge is 2.26. The van der Waals surface area contributed by atoms with E-state index in [0.717, 1.165) is 24.6 Å². The number of piperidine rings is 1. The van der Waals surface area contributed by atoms with Crippen LogP contribution < -0.4 is 5.32 Å². The van der Waals surface area contributed by atoms with Gasteiger partial charge in [0.05, 0.1) is 18.6 Å². The molecule has 2 aliphatic heterocycles. The third kappa shape index (κ3) is 4.62. The number of ether oxygens (including phenoxy) is 1. The van der Waals surface area contributed by atoms with Crippen LogP contribution in [-0.2, 0) is 14.8 Å². The van der Waals surface area contributed by atoms with Crippen molar-refractivity contribution in [2.24, 2.45) is 0 Å². The van der Waals surface area contributed by atoms with Crippen LogP contribution in [0.25, 0.3) is 22.0 Å². The summed E-state index contributed by atoms with van der Waals surface area (Å²) in [6.45, 7) is 1.49. The van der Waals surface area contributed by atoms with Crippen molar-refractivity contribution in [2.75, 3.05) is 31.3 Å². The molecule has 1 unspecified atom stereocenters. The normalized spacial score (nSPS) is 20.1. The van der Waals surface area contributed by atoms with Gasteiger partial charge in [-0.25, -0.2) is 26.5 Å². The molecule has 0 amide bonds. The number of halogens is 2. The number of rotatable bonds is 5. The van der Waals surface area contributed by atoms with Crippen LogP contribution in [-0.4, -0.2) is 54.7 Å². The lowest BCUT2D eigenvalue weighted by Gasteiger charge is -2.31. The summed E-state index contributed by atoms with van der Waals surface area (Å²) in [7, 11) is -3.21. The maximum Gasteiger partial charge on any atom is 0.211 e. The quantitative estimate of drug-likeness (QED) is 0.578. The summed E-state index contributed by atoms with van der Waals surface area (Å²) in [6, 6.07) is 6.46. The number of anilines is 1. The summed E-state index contributed by atoms with van der Waals surface area (Å²) < 4.78 is 60.6. The van der Waals surface area contributed by atoms with E-state index in [4.69, 9.17) is 4.74 Å². The van der Waals surface area contributed by atoms with Gasteiger partial charge < -0.3 is 10.1 Å². The van der Waals surface area contributed by atoms with Gasteiger partial charge in [0.1, 0.15) is 23.0 Å². The molecule has 10 heteroatoms. The Balaban J connectivity index is 1.44. The topological polar surface area (TPSA) is 84.4 Å². The lowest BCUT2D eigenvalue weighted by atomic mass is 9.97. The number of fused-ring (bicyclic) bond motifs is 1. The minimum atomic E-state index is -3.21. The monoisotopic (exact) mass is 488 g/mol. The van der Waals surface area contributed by atoms with Crippen molar-refractivity contribution in [1.82, 2.24) is 14.3 Å². The molecule has 2 fully saturated rings. The van der Waals surface area contributed by atoms with Crippen molar-refractivity contribution in [3.8, 4) is 11.1 Å². The number of pyridine rings is 2. The third-order valence-electron chi connectivity index (χ3n) is 6.55. The van der Waals surface area contributed by atoms with Crippen molar-refractivity contribution in [1.29, 1.82) is 0 Å². The molecule has 0 saturated carbocycles. The van der Waals surface area contributed by atoms with Crippen LogP contribution in [0.3, 0.4) is 0 Å².